The number of aromatic nitrogens is 2. The Balaban J connectivity index is 1.06. The lowest BCUT2D eigenvalue weighted by atomic mass is 9.77. The zero-order valence-corrected chi connectivity index (χ0v) is 24.1. The van der Waals surface area contributed by atoms with Crippen LogP contribution in [0, 0.1) is 22.2 Å². The Hall–Kier alpha value is -4.60. The highest BCUT2D eigenvalue weighted by Gasteiger charge is 2.43. The Morgan fingerprint density at radius 2 is 1.86 bits per heavy atom. The summed E-state index contributed by atoms with van der Waals surface area (Å²) in [6, 6.07) is 12.2. The number of nitrogens with zero attached hydrogens (tertiary/aromatic N) is 4. The number of para-hydroxylation sites is 2. The summed E-state index contributed by atoms with van der Waals surface area (Å²) < 4.78 is 0. The minimum absolute atomic E-state index is 0.202. The van der Waals surface area contributed by atoms with Gasteiger partial charge in [0.25, 0.3) is 11.8 Å². The predicted octanol–water partition coefficient (Wildman–Crippen LogP) is 5.46. The van der Waals surface area contributed by atoms with Crippen LogP contribution in [-0.2, 0) is 11.2 Å². The van der Waals surface area contributed by atoms with Crippen LogP contribution in [0.5, 0.6) is 0 Å². The first-order valence-electron chi connectivity index (χ1n) is 15.0. The number of imide groups is 1. The highest BCUT2D eigenvalue weighted by Crippen LogP contribution is 2.36. The third-order valence-electron chi connectivity index (χ3n) is 8.77. The van der Waals surface area contributed by atoms with Gasteiger partial charge in [0, 0.05) is 34.6 Å². The van der Waals surface area contributed by atoms with Crippen LogP contribution in [0.15, 0.2) is 60.0 Å². The Morgan fingerprint density at radius 1 is 1.12 bits per heavy atom. The maximum Gasteiger partial charge on any atom is 0.309 e. The minimum Gasteiger partial charge on any atom is -0.388 e. The molecule has 0 saturated heterocycles. The van der Waals surface area contributed by atoms with Crippen molar-refractivity contribution in [3.8, 4) is 0 Å². The highest BCUT2D eigenvalue weighted by atomic mass is 16.3. The van der Waals surface area contributed by atoms with E-state index in [1.807, 2.05) is 43.5 Å². The van der Waals surface area contributed by atoms with Crippen molar-refractivity contribution in [1.82, 2.24) is 20.2 Å². The number of nitrogens with one attached hydrogen (secondary N) is 2. The summed E-state index contributed by atoms with van der Waals surface area (Å²) in [5.74, 6) is -1.28. The number of carbonyl (C=O) groups excluding carboxylic acids is 3. The molecule has 2 saturated carbocycles. The van der Waals surface area contributed by atoms with Crippen LogP contribution in [0.25, 0.3) is 16.6 Å². The molecule has 2 aliphatic carbocycles. The molecule has 6 rings (SSSR count). The number of allylic oxidation sites excluding steroid dienone is 1. The van der Waals surface area contributed by atoms with E-state index in [0.29, 0.717) is 24.1 Å². The molecule has 3 aromatic rings. The Kier molecular flexibility index (Phi) is 7.92. The van der Waals surface area contributed by atoms with E-state index >= 15 is 0 Å². The standard InChI is InChI=1S/C33H34N6O4/c1-2-5-29(31(40)38-43)39-32(41)23-13-10-19(16-24(23)33(39)42)8-9-20-14-22(15-20)35-17-25(30(34)21-11-12-21)28-18-36-26-6-3-4-7-27(26)37-28/h3-4,6-7,10,13,16-18,20-22,29,34-35H,2,5,8-9,11-12,14-15H2,1H3/b25-17-,34-30?. The Bertz CT molecular complexity index is 1660. The van der Waals surface area contributed by atoms with Crippen molar-refractivity contribution in [3.63, 3.8) is 0 Å². The van der Waals surface area contributed by atoms with E-state index in [1.165, 1.54) is 0 Å². The third kappa shape index (κ3) is 5.74. The molecule has 2 heterocycles. The van der Waals surface area contributed by atoms with E-state index < -0.39 is 23.8 Å². The molecule has 3 amide bonds. The zero-order valence-electron chi connectivity index (χ0n) is 24.1. The average Bonchev–Trinajstić information content (AvgIpc) is 3.83. The van der Waals surface area contributed by atoms with Crippen LogP contribution in [0.3, 0.4) is 0 Å². The lowest BCUT2D eigenvalue weighted by molar-refractivity contribution is -0.122. The summed E-state index contributed by atoms with van der Waals surface area (Å²) >= 11 is 0. The van der Waals surface area contributed by atoms with Gasteiger partial charge >= 0.3 is 5.91 Å². The summed E-state index contributed by atoms with van der Waals surface area (Å²) in [6.07, 6.45) is 10.2. The Morgan fingerprint density at radius 3 is 2.58 bits per heavy atom. The van der Waals surface area contributed by atoms with Gasteiger partial charge in [-0.1, -0.05) is 31.5 Å². The molecule has 2 aromatic carbocycles. The molecule has 2 fully saturated rings. The van der Waals surface area contributed by atoms with Crippen molar-refractivity contribution in [2.75, 3.05) is 0 Å². The van der Waals surface area contributed by atoms with Gasteiger partial charge in [-0.25, -0.2) is 4.98 Å². The van der Waals surface area contributed by atoms with E-state index in [-0.39, 0.29) is 23.5 Å². The first kappa shape index (κ1) is 28.5. The lowest BCUT2D eigenvalue weighted by Gasteiger charge is -2.36. The summed E-state index contributed by atoms with van der Waals surface area (Å²) in [6.45, 7) is 1.82. The van der Waals surface area contributed by atoms with Crippen molar-refractivity contribution in [3.05, 3.63) is 82.2 Å². The van der Waals surface area contributed by atoms with Crippen molar-refractivity contribution in [2.45, 2.75) is 70.4 Å². The molecular formula is C33H34N6O4. The fraction of sp³-hybridized carbons (Fsp3) is 0.394. The van der Waals surface area contributed by atoms with Crippen LogP contribution in [-0.4, -0.2) is 50.4 Å². The third-order valence-corrected chi connectivity index (χ3v) is 8.77. The molecule has 1 atom stereocenters. The molecule has 1 aliphatic heterocycles. The van der Waals surface area contributed by atoms with Crippen LogP contribution in [0.4, 0.5) is 0 Å². The number of carbonyl (C=O) groups is 3. The molecule has 0 spiro atoms. The second-order valence-electron chi connectivity index (χ2n) is 11.8. The molecule has 0 bridgehead atoms. The van der Waals surface area contributed by atoms with Crippen molar-refractivity contribution in [1.29, 1.82) is 5.41 Å². The molecule has 1 aromatic heterocycles. The number of nitroso groups, excluding NO2 is 1. The predicted molar refractivity (Wildman–Crippen MR) is 162 cm³/mol. The monoisotopic (exact) mass is 578 g/mol. The van der Waals surface area contributed by atoms with Crippen molar-refractivity contribution in [2.24, 2.45) is 17.0 Å². The fourth-order valence-corrected chi connectivity index (χ4v) is 6.09. The average molecular weight is 579 g/mol. The number of hydrogen-bond donors (Lipinski definition) is 2. The summed E-state index contributed by atoms with van der Waals surface area (Å²) in [4.78, 5) is 59.2. The van der Waals surface area contributed by atoms with Gasteiger partial charge in [0.05, 0.1) is 34.1 Å². The SMILES string of the molecule is CCCC(C(=O)N=O)N1C(=O)c2ccc(CCC3CC(N/C=C(\C(=N)C4CC4)c4cnc5ccccc5n4)C3)cc2C1=O. The van der Waals surface area contributed by atoms with Gasteiger partial charge in [0.2, 0.25) is 0 Å². The topological polar surface area (TPSA) is 146 Å². The minimum atomic E-state index is -1.16. The fourth-order valence-electron chi connectivity index (χ4n) is 6.09. The molecule has 3 aliphatic rings. The number of benzene rings is 2. The normalized spacial score (nSPS) is 20.5. The summed E-state index contributed by atoms with van der Waals surface area (Å²) in [7, 11) is 0. The van der Waals surface area contributed by atoms with Gasteiger partial charge in [-0.2, -0.15) is 0 Å². The molecule has 2 N–H and O–H groups in total. The Labute approximate surface area is 249 Å². The first-order chi connectivity index (χ1) is 20.9. The number of aryl methyl sites for hydroxylation is 1. The molecule has 10 nitrogen and oxygen atoms in total. The number of amides is 3. The first-order valence-corrected chi connectivity index (χ1v) is 15.0. The smallest absolute Gasteiger partial charge is 0.309 e. The molecule has 43 heavy (non-hydrogen) atoms. The maximum atomic E-state index is 13.1. The van der Waals surface area contributed by atoms with Gasteiger partial charge in [0.15, 0.2) is 0 Å². The molecule has 0 radical (unpaired) electrons. The second kappa shape index (κ2) is 11.9. The van der Waals surface area contributed by atoms with E-state index in [2.05, 4.69) is 15.5 Å². The van der Waals surface area contributed by atoms with Gasteiger partial charge < -0.3 is 10.7 Å². The van der Waals surface area contributed by atoms with Crippen LogP contribution < -0.4 is 5.32 Å². The molecule has 1 unspecified atom stereocenters. The van der Waals surface area contributed by atoms with E-state index in [4.69, 9.17) is 10.4 Å². The summed E-state index contributed by atoms with van der Waals surface area (Å²) in [5.41, 5.74) is 5.29. The van der Waals surface area contributed by atoms with Crippen LogP contribution >= 0.6 is 0 Å². The number of rotatable bonds is 12. The summed E-state index contributed by atoms with van der Waals surface area (Å²) in [5, 5.41) is 14.7. The lowest BCUT2D eigenvalue weighted by Crippen LogP contribution is -2.44. The number of fused-ring (bicyclic) bond motifs is 2. The van der Waals surface area contributed by atoms with Gasteiger partial charge in [-0.15, -0.1) is 4.91 Å². The van der Waals surface area contributed by atoms with Crippen LogP contribution in [0.1, 0.15) is 83.8 Å². The van der Waals surface area contributed by atoms with Gasteiger partial charge in [-0.05, 0) is 80.7 Å². The molecule has 220 valence electrons. The van der Waals surface area contributed by atoms with E-state index in [0.717, 1.165) is 71.3 Å². The van der Waals surface area contributed by atoms with Gasteiger partial charge in [0.1, 0.15) is 6.04 Å². The van der Waals surface area contributed by atoms with Crippen molar-refractivity contribution < 1.29 is 14.4 Å². The number of hydrogen-bond acceptors (Lipinski definition) is 8. The molecule has 10 heteroatoms. The van der Waals surface area contributed by atoms with Crippen molar-refractivity contribution >= 4 is 40.0 Å². The van der Waals surface area contributed by atoms with Crippen LogP contribution in [0.2, 0.25) is 0 Å². The second-order valence-corrected chi connectivity index (χ2v) is 11.8. The largest absolute Gasteiger partial charge is 0.388 e. The van der Waals surface area contributed by atoms with E-state index in [1.54, 1.807) is 18.3 Å². The van der Waals surface area contributed by atoms with E-state index in [9.17, 15) is 19.3 Å². The molecular weight excluding hydrogens is 544 g/mol. The highest BCUT2D eigenvalue weighted by molar-refractivity contribution is 6.24. The maximum absolute atomic E-state index is 13.1. The quantitative estimate of drug-likeness (QED) is 0.165. The van der Waals surface area contributed by atoms with Gasteiger partial charge in [-0.3, -0.25) is 24.3 Å². The zero-order chi connectivity index (χ0) is 30.1.